The number of carbonyl (C=O) groups is 1. The fourth-order valence-electron chi connectivity index (χ4n) is 2.42. The molecule has 2 N–H and O–H groups in total. The van der Waals surface area contributed by atoms with Crippen molar-refractivity contribution >= 4 is 11.7 Å². The second kappa shape index (κ2) is 6.84. The number of halogens is 3. The van der Waals surface area contributed by atoms with Crippen molar-refractivity contribution in [3.8, 4) is 0 Å². The van der Waals surface area contributed by atoms with E-state index in [1.807, 2.05) is 20.8 Å². The maximum absolute atomic E-state index is 13.0. The van der Waals surface area contributed by atoms with Crippen LogP contribution < -0.4 is 15.7 Å². The van der Waals surface area contributed by atoms with E-state index in [0.29, 0.717) is 13.0 Å². The lowest BCUT2D eigenvalue weighted by Crippen LogP contribution is -2.47. The number of pyridine rings is 1. The lowest BCUT2D eigenvalue weighted by Gasteiger charge is -2.23. The molecule has 0 bridgehead atoms. The molecule has 0 saturated carbocycles. The molecule has 0 radical (unpaired) electrons. The minimum absolute atomic E-state index is 0.0234. The average Bonchev–Trinajstić information content (AvgIpc) is 2.91. The number of anilines is 1. The minimum Gasteiger partial charge on any atom is -0.367 e. The number of nitrogens with one attached hydrogen (secondary N) is 2. The van der Waals surface area contributed by atoms with Crippen LogP contribution in [0.25, 0.3) is 0 Å². The first-order valence-electron chi connectivity index (χ1n) is 7.57. The number of hydrogen-bond donors (Lipinski definition) is 2. The highest BCUT2D eigenvalue weighted by Crippen LogP contribution is 2.36. The van der Waals surface area contributed by atoms with Crippen molar-refractivity contribution in [3.05, 3.63) is 24.0 Å². The number of carbonyl (C=O) groups excluding carboxylic acids is 1. The standard InChI is InChI=1S/C15H21F3N4O2/c1-14(2,3)20-13(23)21-24-10-6-8-22(9-10)11-5-4-7-19-12(11)15(16,17)18/h4-5,7,10H,6,8-9H2,1-3H3,(H2,20,21,23)/t10-/m1/s1. The third-order valence-electron chi connectivity index (χ3n) is 3.35. The zero-order valence-electron chi connectivity index (χ0n) is 13.8. The van der Waals surface area contributed by atoms with E-state index in [1.54, 1.807) is 4.90 Å². The highest BCUT2D eigenvalue weighted by molar-refractivity contribution is 5.73. The number of amides is 2. The summed E-state index contributed by atoms with van der Waals surface area (Å²) in [5.74, 6) is 0. The second-order valence-electron chi connectivity index (χ2n) is 6.65. The van der Waals surface area contributed by atoms with Crippen LogP contribution in [0.1, 0.15) is 32.9 Å². The number of rotatable bonds is 3. The van der Waals surface area contributed by atoms with Gasteiger partial charge in [0.05, 0.1) is 5.69 Å². The molecular weight excluding hydrogens is 325 g/mol. The van der Waals surface area contributed by atoms with Crippen LogP contribution in [0.15, 0.2) is 18.3 Å². The Morgan fingerprint density at radius 3 is 2.71 bits per heavy atom. The Morgan fingerprint density at radius 2 is 2.08 bits per heavy atom. The van der Waals surface area contributed by atoms with Crippen molar-refractivity contribution < 1.29 is 22.8 Å². The van der Waals surface area contributed by atoms with E-state index in [4.69, 9.17) is 4.84 Å². The Labute approximate surface area is 138 Å². The van der Waals surface area contributed by atoms with E-state index < -0.39 is 29.5 Å². The molecule has 1 fully saturated rings. The molecule has 0 unspecified atom stereocenters. The van der Waals surface area contributed by atoms with Gasteiger partial charge in [-0.15, -0.1) is 0 Å². The Balaban J connectivity index is 1.93. The summed E-state index contributed by atoms with van der Waals surface area (Å²) in [4.78, 5) is 21.9. The minimum atomic E-state index is -4.51. The van der Waals surface area contributed by atoms with Crippen molar-refractivity contribution in [1.29, 1.82) is 0 Å². The van der Waals surface area contributed by atoms with E-state index >= 15 is 0 Å². The molecule has 24 heavy (non-hydrogen) atoms. The number of alkyl halides is 3. The zero-order chi connectivity index (χ0) is 18.0. The lowest BCUT2D eigenvalue weighted by atomic mass is 10.1. The van der Waals surface area contributed by atoms with Crippen molar-refractivity contribution in [3.63, 3.8) is 0 Å². The quantitative estimate of drug-likeness (QED) is 0.826. The molecule has 0 aliphatic carbocycles. The van der Waals surface area contributed by atoms with E-state index in [2.05, 4.69) is 15.8 Å². The molecule has 9 heteroatoms. The largest absolute Gasteiger partial charge is 0.435 e. The highest BCUT2D eigenvalue weighted by atomic mass is 19.4. The third kappa shape index (κ3) is 4.98. The molecule has 6 nitrogen and oxygen atoms in total. The predicted octanol–water partition coefficient (Wildman–Crippen LogP) is 2.71. The first kappa shape index (κ1) is 18.3. The SMILES string of the molecule is CC(C)(C)NC(=O)NO[C@@H]1CCN(c2cccnc2C(F)(F)F)C1. The van der Waals surface area contributed by atoms with Gasteiger partial charge in [-0.3, -0.25) is 4.84 Å². The molecule has 1 aromatic rings. The second-order valence-corrected chi connectivity index (χ2v) is 6.65. The van der Waals surface area contributed by atoms with Gasteiger partial charge in [-0.25, -0.2) is 15.3 Å². The van der Waals surface area contributed by atoms with E-state index in [0.717, 1.165) is 6.20 Å². The van der Waals surface area contributed by atoms with Crippen LogP contribution in [0.3, 0.4) is 0 Å². The molecule has 1 aromatic heterocycles. The van der Waals surface area contributed by atoms with Gasteiger partial charge in [-0.2, -0.15) is 13.2 Å². The summed E-state index contributed by atoms with van der Waals surface area (Å²) < 4.78 is 39.1. The first-order valence-corrected chi connectivity index (χ1v) is 7.57. The summed E-state index contributed by atoms with van der Waals surface area (Å²) in [5, 5.41) is 2.67. The average molecular weight is 346 g/mol. The Morgan fingerprint density at radius 1 is 1.38 bits per heavy atom. The smallest absolute Gasteiger partial charge is 0.367 e. The molecule has 0 spiro atoms. The summed E-state index contributed by atoms with van der Waals surface area (Å²) in [5.41, 5.74) is 0.984. The lowest BCUT2D eigenvalue weighted by molar-refractivity contribution is -0.140. The van der Waals surface area contributed by atoms with Crippen LogP contribution in [-0.4, -0.2) is 35.7 Å². The van der Waals surface area contributed by atoms with Gasteiger partial charge >= 0.3 is 12.2 Å². The molecule has 1 atom stereocenters. The summed E-state index contributed by atoms with van der Waals surface area (Å²) >= 11 is 0. The Bertz CT molecular complexity index is 587. The van der Waals surface area contributed by atoms with E-state index in [-0.39, 0.29) is 12.2 Å². The van der Waals surface area contributed by atoms with Crippen LogP contribution in [-0.2, 0) is 11.0 Å². The van der Waals surface area contributed by atoms with Gasteiger partial charge in [0, 0.05) is 24.8 Å². The molecule has 134 valence electrons. The summed E-state index contributed by atoms with van der Waals surface area (Å²) in [6, 6.07) is 2.37. The number of aromatic nitrogens is 1. The Kier molecular flexibility index (Phi) is 5.22. The monoisotopic (exact) mass is 346 g/mol. The fraction of sp³-hybridized carbons (Fsp3) is 0.600. The molecule has 2 rings (SSSR count). The van der Waals surface area contributed by atoms with E-state index in [1.165, 1.54) is 12.1 Å². The maximum Gasteiger partial charge on any atom is 0.435 e. The topological polar surface area (TPSA) is 66.5 Å². The number of nitrogens with zero attached hydrogens (tertiary/aromatic N) is 2. The molecule has 1 saturated heterocycles. The number of urea groups is 1. The van der Waals surface area contributed by atoms with Crippen LogP contribution >= 0.6 is 0 Å². The van der Waals surface area contributed by atoms with Crippen LogP contribution in [0.2, 0.25) is 0 Å². The molecule has 0 aromatic carbocycles. The van der Waals surface area contributed by atoms with Gasteiger partial charge in [0.15, 0.2) is 5.69 Å². The predicted molar refractivity (Wildman–Crippen MR) is 82.4 cm³/mol. The molecular formula is C15H21F3N4O2. The van der Waals surface area contributed by atoms with Crippen LogP contribution in [0.5, 0.6) is 0 Å². The van der Waals surface area contributed by atoms with Gasteiger partial charge in [0.25, 0.3) is 0 Å². The maximum atomic E-state index is 13.0. The van der Waals surface area contributed by atoms with Gasteiger partial charge in [-0.05, 0) is 39.3 Å². The summed E-state index contributed by atoms with van der Waals surface area (Å²) in [7, 11) is 0. The summed E-state index contributed by atoms with van der Waals surface area (Å²) in [6.07, 6.45) is -3.28. The van der Waals surface area contributed by atoms with Gasteiger partial charge in [0.2, 0.25) is 0 Å². The third-order valence-corrected chi connectivity index (χ3v) is 3.35. The Hall–Kier alpha value is -2.03. The molecule has 2 amide bonds. The number of hydroxylamine groups is 1. The van der Waals surface area contributed by atoms with Crippen LogP contribution in [0, 0.1) is 0 Å². The van der Waals surface area contributed by atoms with Crippen molar-refractivity contribution in [2.75, 3.05) is 18.0 Å². The van der Waals surface area contributed by atoms with Gasteiger partial charge in [-0.1, -0.05) is 0 Å². The van der Waals surface area contributed by atoms with E-state index in [9.17, 15) is 18.0 Å². The fourth-order valence-corrected chi connectivity index (χ4v) is 2.42. The van der Waals surface area contributed by atoms with Gasteiger partial charge < -0.3 is 10.2 Å². The van der Waals surface area contributed by atoms with Gasteiger partial charge in [0.1, 0.15) is 6.10 Å². The molecule has 2 heterocycles. The molecule has 1 aliphatic heterocycles. The highest BCUT2D eigenvalue weighted by Gasteiger charge is 2.38. The van der Waals surface area contributed by atoms with Crippen molar-refractivity contribution in [1.82, 2.24) is 15.8 Å². The normalized spacial score (nSPS) is 18.6. The summed E-state index contributed by atoms with van der Waals surface area (Å²) in [6.45, 7) is 6.10. The zero-order valence-corrected chi connectivity index (χ0v) is 13.8. The van der Waals surface area contributed by atoms with Crippen molar-refractivity contribution in [2.45, 2.75) is 45.0 Å². The first-order chi connectivity index (χ1) is 11.1. The van der Waals surface area contributed by atoms with Crippen LogP contribution in [0.4, 0.5) is 23.7 Å². The number of hydrogen-bond acceptors (Lipinski definition) is 4. The molecule has 1 aliphatic rings. The van der Waals surface area contributed by atoms with Crippen molar-refractivity contribution in [2.24, 2.45) is 0 Å².